The minimum absolute atomic E-state index is 0.0229. The molecule has 0 aromatic heterocycles. The van der Waals surface area contributed by atoms with E-state index in [1.165, 1.54) is 0 Å². The first kappa shape index (κ1) is 15.6. The molecule has 0 radical (unpaired) electrons. The van der Waals surface area contributed by atoms with E-state index in [0.717, 1.165) is 32.4 Å². The molecule has 2 rings (SSSR count). The summed E-state index contributed by atoms with van der Waals surface area (Å²) in [6.45, 7) is 4.29. The SMILES string of the molecule is CCCOc1c(Cl)cc(Cl)cc1C(=O)C1CCNCC1. The highest BCUT2D eigenvalue weighted by molar-refractivity contribution is 6.36. The molecular weight excluding hydrogens is 297 g/mol. The summed E-state index contributed by atoms with van der Waals surface area (Å²) in [5.41, 5.74) is 0.517. The van der Waals surface area contributed by atoms with Gasteiger partial charge in [-0.25, -0.2) is 0 Å². The Balaban J connectivity index is 2.30. The highest BCUT2D eigenvalue weighted by Gasteiger charge is 2.26. The Morgan fingerprint density at radius 3 is 2.70 bits per heavy atom. The van der Waals surface area contributed by atoms with Crippen LogP contribution in [0, 0.1) is 5.92 Å². The van der Waals surface area contributed by atoms with Crippen molar-refractivity contribution in [2.45, 2.75) is 26.2 Å². The number of halogens is 2. The molecule has 3 nitrogen and oxygen atoms in total. The van der Waals surface area contributed by atoms with Crippen molar-refractivity contribution >= 4 is 29.0 Å². The van der Waals surface area contributed by atoms with Gasteiger partial charge in [-0.2, -0.15) is 0 Å². The van der Waals surface area contributed by atoms with E-state index in [4.69, 9.17) is 27.9 Å². The van der Waals surface area contributed by atoms with Crippen LogP contribution >= 0.6 is 23.2 Å². The Hall–Kier alpha value is -0.770. The zero-order chi connectivity index (χ0) is 14.5. The van der Waals surface area contributed by atoms with Crippen molar-refractivity contribution < 1.29 is 9.53 Å². The predicted octanol–water partition coefficient (Wildman–Crippen LogP) is 3.96. The molecule has 1 aromatic rings. The Morgan fingerprint density at radius 1 is 1.35 bits per heavy atom. The van der Waals surface area contributed by atoms with Crippen molar-refractivity contribution in [1.82, 2.24) is 5.32 Å². The average Bonchev–Trinajstić information content (AvgIpc) is 2.46. The molecule has 20 heavy (non-hydrogen) atoms. The topological polar surface area (TPSA) is 38.3 Å². The molecule has 0 atom stereocenters. The molecular formula is C15H19Cl2NO2. The molecule has 1 fully saturated rings. The van der Waals surface area contributed by atoms with Crippen LogP contribution in [-0.2, 0) is 0 Å². The van der Waals surface area contributed by atoms with Gasteiger partial charge in [0.05, 0.1) is 17.2 Å². The van der Waals surface area contributed by atoms with Crippen LogP contribution in [0.3, 0.4) is 0 Å². The number of nitrogens with one attached hydrogen (secondary N) is 1. The molecule has 1 aliphatic heterocycles. The van der Waals surface area contributed by atoms with E-state index in [1.54, 1.807) is 12.1 Å². The Morgan fingerprint density at radius 2 is 2.05 bits per heavy atom. The van der Waals surface area contributed by atoms with E-state index >= 15 is 0 Å². The third-order valence-electron chi connectivity index (χ3n) is 3.43. The average molecular weight is 316 g/mol. The number of benzene rings is 1. The summed E-state index contributed by atoms with van der Waals surface area (Å²) in [5.74, 6) is 0.582. The van der Waals surface area contributed by atoms with Crippen LogP contribution in [0.15, 0.2) is 12.1 Å². The summed E-state index contributed by atoms with van der Waals surface area (Å²) in [4.78, 5) is 12.7. The number of carbonyl (C=O) groups excluding carboxylic acids is 1. The smallest absolute Gasteiger partial charge is 0.169 e. The van der Waals surface area contributed by atoms with Crippen molar-refractivity contribution in [1.29, 1.82) is 0 Å². The molecule has 1 heterocycles. The molecule has 5 heteroatoms. The lowest BCUT2D eigenvalue weighted by molar-refractivity contribution is 0.0891. The Kier molecular flexibility index (Phi) is 5.70. The summed E-state index contributed by atoms with van der Waals surface area (Å²) < 4.78 is 5.66. The van der Waals surface area contributed by atoms with Gasteiger partial charge < -0.3 is 10.1 Å². The second kappa shape index (κ2) is 7.30. The molecule has 110 valence electrons. The van der Waals surface area contributed by atoms with Crippen LogP contribution in [0.1, 0.15) is 36.5 Å². The second-order valence-electron chi connectivity index (χ2n) is 5.00. The maximum Gasteiger partial charge on any atom is 0.169 e. The van der Waals surface area contributed by atoms with Gasteiger partial charge in [0.1, 0.15) is 5.75 Å². The van der Waals surface area contributed by atoms with Crippen molar-refractivity contribution in [2.75, 3.05) is 19.7 Å². The second-order valence-corrected chi connectivity index (χ2v) is 5.84. The number of hydrogen-bond acceptors (Lipinski definition) is 3. The number of hydrogen-bond donors (Lipinski definition) is 1. The van der Waals surface area contributed by atoms with Crippen LogP contribution in [-0.4, -0.2) is 25.5 Å². The predicted molar refractivity (Wildman–Crippen MR) is 82.2 cm³/mol. The number of carbonyl (C=O) groups is 1. The van der Waals surface area contributed by atoms with Gasteiger partial charge in [-0.15, -0.1) is 0 Å². The van der Waals surface area contributed by atoms with Crippen LogP contribution in [0.4, 0.5) is 0 Å². The first-order chi connectivity index (χ1) is 9.63. The lowest BCUT2D eigenvalue weighted by atomic mass is 9.89. The number of piperidine rings is 1. The summed E-state index contributed by atoms with van der Waals surface area (Å²) >= 11 is 12.2. The Labute approximate surface area is 129 Å². The maximum absolute atomic E-state index is 12.7. The van der Waals surface area contributed by atoms with E-state index < -0.39 is 0 Å². The van der Waals surface area contributed by atoms with Crippen molar-refractivity contribution in [3.05, 3.63) is 27.7 Å². The Bertz CT molecular complexity index is 485. The summed E-state index contributed by atoms with van der Waals surface area (Å²) in [5, 5.41) is 4.13. The van der Waals surface area contributed by atoms with E-state index in [1.807, 2.05) is 6.92 Å². The summed E-state index contributed by atoms with van der Waals surface area (Å²) in [6.07, 6.45) is 2.55. The zero-order valence-corrected chi connectivity index (χ0v) is 13.1. The molecule has 0 saturated carbocycles. The molecule has 0 bridgehead atoms. The van der Waals surface area contributed by atoms with Crippen molar-refractivity contribution in [3.8, 4) is 5.75 Å². The minimum Gasteiger partial charge on any atom is -0.491 e. The molecule has 1 saturated heterocycles. The fourth-order valence-electron chi connectivity index (χ4n) is 2.40. The highest BCUT2D eigenvalue weighted by Crippen LogP contribution is 2.35. The monoisotopic (exact) mass is 315 g/mol. The fourth-order valence-corrected chi connectivity index (χ4v) is 2.95. The van der Waals surface area contributed by atoms with Gasteiger partial charge in [-0.3, -0.25) is 4.79 Å². The maximum atomic E-state index is 12.7. The van der Waals surface area contributed by atoms with Gasteiger partial charge in [0.2, 0.25) is 0 Å². The number of rotatable bonds is 5. The van der Waals surface area contributed by atoms with E-state index in [0.29, 0.717) is 28.0 Å². The molecule has 1 N–H and O–H groups in total. The lowest BCUT2D eigenvalue weighted by Gasteiger charge is -2.23. The third-order valence-corrected chi connectivity index (χ3v) is 3.93. The summed E-state index contributed by atoms with van der Waals surface area (Å²) in [6, 6.07) is 3.29. The first-order valence-electron chi connectivity index (χ1n) is 7.00. The quantitative estimate of drug-likeness (QED) is 0.836. The number of ketones is 1. The minimum atomic E-state index is 0.0229. The van der Waals surface area contributed by atoms with Gasteiger partial charge >= 0.3 is 0 Å². The molecule has 0 spiro atoms. The van der Waals surface area contributed by atoms with Gasteiger partial charge in [0.25, 0.3) is 0 Å². The molecule has 0 aliphatic carbocycles. The standard InChI is InChI=1S/C15H19Cl2NO2/c1-2-7-20-15-12(8-11(16)9-13(15)17)14(19)10-3-5-18-6-4-10/h8-10,18H,2-7H2,1H3. The zero-order valence-electron chi connectivity index (χ0n) is 11.5. The lowest BCUT2D eigenvalue weighted by Crippen LogP contribution is -2.32. The van der Waals surface area contributed by atoms with Gasteiger partial charge in [0.15, 0.2) is 5.78 Å². The highest BCUT2D eigenvalue weighted by atomic mass is 35.5. The summed E-state index contributed by atoms with van der Waals surface area (Å²) in [7, 11) is 0. The fraction of sp³-hybridized carbons (Fsp3) is 0.533. The largest absolute Gasteiger partial charge is 0.491 e. The van der Waals surface area contributed by atoms with Crippen molar-refractivity contribution in [2.24, 2.45) is 5.92 Å². The van der Waals surface area contributed by atoms with Crippen LogP contribution in [0.25, 0.3) is 0 Å². The van der Waals surface area contributed by atoms with Gasteiger partial charge in [-0.1, -0.05) is 30.1 Å². The van der Waals surface area contributed by atoms with Crippen LogP contribution in [0.5, 0.6) is 5.75 Å². The normalized spacial score (nSPS) is 16.1. The van der Waals surface area contributed by atoms with Crippen molar-refractivity contribution in [3.63, 3.8) is 0 Å². The number of ether oxygens (including phenoxy) is 1. The molecule has 1 aliphatic rings. The van der Waals surface area contributed by atoms with Crippen LogP contribution in [0.2, 0.25) is 10.0 Å². The van der Waals surface area contributed by atoms with E-state index in [9.17, 15) is 4.79 Å². The first-order valence-corrected chi connectivity index (χ1v) is 7.75. The molecule has 0 unspecified atom stereocenters. The number of Topliss-reactive ketones (excluding diaryl/α,β-unsaturated/α-hetero) is 1. The van der Waals surface area contributed by atoms with Gasteiger partial charge in [0, 0.05) is 10.9 Å². The van der Waals surface area contributed by atoms with Gasteiger partial charge in [-0.05, 0) is 44.5 Å². The molecule has 0 amide bonds. The third kappa shape index (κ3) is 3.66. The molecule has 1 aromatic carbocycles. The van der Waals surface area contributed by atoms with E-state index in [2.05, 4.69) is 5.32 Å². The van der Waals surface area contributed by atoms with E-state index in [-0.39, 0.29) is 11.7 Å². The van der Waals surface area contributed by atoms with Crippen LogP contribution < -0.4 is 10.1 Å².